The molecule has 0 aliphatic heterocycles. The lowest BCUT2D eigenvalue weighted by atomic mass is 10.3. The molecule has 2 N–H and O–H groups in total. The van der Waals surface area contributed by atoms with Crippen LogP contribution < -0.4 is 10.0 Å². The van der Waals surface area contributed by atoms with E-state index in [2.05, 4.69) is 23.7 Å². The van der Waals surface area contributed by atoms with E-state index in [0.717, 1.165) is 13.1 Å². The first-order valence-electron chi connectivity index (χ1n) is 7.49. The lowest BCUT2D eigenvalue weighted by molar-refractivity contribution is 0.313. The van der Waals surface area contributed by atoms with Gasteiger partial charge in [0.2, 0.25) is 0 Å². The van der Waals surface area contributed by atoms with E-state index in [0.29, 0.717) is 23.9 Å². The van der Waals surface area contributed by atoms with Gasteiger partial charge in [-0.2, -0.15) is 0 Å². The van der Waals surface area contributed by atoms with Crippen molar-refractivity contribution in [2.24, 2.45) is 0 Å². The molecule has 0 fully saturated rings. The van der Waals surface area contributed by atoms with Crippen LogP contribution in [0.25, 0.3) is 0 Å². The molecule has 0 unspecified atom stereocenters. The van der Waals surface area contributed by atoms with Crippen molar-refractivity contribution in [3.8, 4) is 0 Å². The van der Waals surface area contributed by atoms with Crippen LogP contribution in [0.3, 0.4) is 0 Å². The number of thiazole rings is 1. The summed E-state index contributed by atoms with van der Waals surface area (Å²) in [6, 6.07) is 6.25. The predicted molar refractivity (Wildman–Crippen MR) is 95.3 cm³/mol. The van der Waals surface area contributed by atoms with E-state index in [4.69, 9.17) is 5.73 Å². The number of anilines is 2. The van der Waals surface area contributed by atoms with E-state index in [1.807, 2.05) is 0 Å². The number of likely N-dealkylation sites (N-methyl/N-ethyl adjacent to an activating group) is 1. The fraction of sp³-hybridized carbons (Fsp3) is 0.400. The van der Waals surface area contributed by atoms with Gasteiger partial charge >= 0.3 is 0 Å². The zero-order valence-electron chi connectivity index (χ0n) is 13.3. The van der Waals surface area contributed by atoms with Gasteiger partial charge in [-0.3, -0.25) is 0 Å². The normalized spacial score (nSPS) is 11.8. The minimum absolute atomic E-state index is 0.224. The average Bonchev–Trinajstić information content (AvgIpc) is 3.06. The summed E-state index contributed by atoms with van der Waals surface area (Å²) in [5, 5.41) is 2.26. The highest BCUT2D eigenvalue weighted by atomic mass is 32.2. The molecule has 0 radical (unpaired) electrons. The van der Waals surface area contributed by atoms with Crippen molar-refractivity contribution in [2.45, 2.75) is 18.7 Å². The number of sulfonamides is 1. The molecule has 1 heterocycles. The average molecular weight is 355 g/mol. The third kappa shape index (κ3) is 4.21. The first kappa shape index (κ1) is 17.7. The van der Waals surface area contributed by atoms with Crippen molar-refractivity contribution in [2.75, 3.05) is 36.2 Å². The van der Waals surface area contributed by atoms with Gasteiger partial charge in [0.1, 0.15) is 0 Å². The van der Waals surface area contributed by atoms with Gasteiger partial charge in [-0.1, -0.05) is 13.8 Å². The van der Waals surface area contributed by atoms with E-state index in [9.17, 15) is 8.42 Å². The van der Waals surface area contributed by atoms with Crippen LogP contribution in [0.2, 0.25) is 0 Å². The fourth-order valence-electron chi connectivity index (χ4n) is 2.20. The van der Waals surface area contributed by atoms with Crippen LogP contribution in [0.1, 0.15) is 13.8 Å². The number of nitrogens with zero attached hydrogens (tertiary/aromatic N) is 3. The molecule has 2 aromatic rings. The van der Waals surface area contributed by atoms with Crippen LogP contribution >= 0.6 is 11.3 Å². The predicted octanol–water partition coefficient (Wildman–Crippen LogP) is 2.26. The summed E-state index contributed by atoms with van der Waals surface area (Å²) in [4.78, 5) is 6.58. The van der Waals surface area contributed by atoms with Crippen LogP contribution in [0.5, 0.6) is 0 Å². The fourth-order valence-corrected chi connectivity index (χ4v) is 4.50. The Bertz CT molecular complexity index is 696. The summed E-state index contributed by atoms with van der Waals surface area (Å²) in [6.45, 7) is 6.90. The van der Waals surface area contributed by atoms with E-state index >= 15 is 0 Å². The van der Waals surface area contributed by atoms with Crippen LogP contribution in [-0.4, -0.2) is 44.5 Å². The monoisotopic (exact) mass is 354 g/mol. The molecule has 23 heavy (non-hydrogen) atoms. The van der Waals surface area contributed by atoms with Crippen molar-refractivity contribution < 1.29 is 8.42 Å². The largest absolute Gasteiger partial charge is 0.399 e. The molecular weight excluding hydrogens is 332 g/mol. The summed E-state index contributed by atoms with van der Waals surface area (Å²) >= 11 is 1.32. The number of aromatic nitrogens is 1. The number of nitrogens with two attached hydrogens (primary N) is 1. The Morgan fingerprint density at radius 2 is 1.78 bits per heavy atom. The van der Waals surface area contributed by atoms with Gasteiger partial charge in [0.05, 0.1) is 4.90 Å². The summed E-state index contributed by atoms with van der Waals surface area (Å²) in [6.07, 6.45) is 1.61. The first-order chi connectivity index (χ1) is 11.0. The topological polar surface area (TPSA) is 79.5 Å². The van der Waals surface area contributed by atoms with Crippen LogP contribution in [0.15, 0.2) is 40.7 Å². The molecule has 0 spiro atoms. The van der Waals surface area contributed by atoms with Gasteiger partial charge < -0.3 is 10.6 Å². The smallest absolute Gasteiger partial charge is 0.266 e. The molecule has 0 aliphatic carbocycles. The Balaban J connectivity index is 2.31. The van der Waals surface area contributed by atoms with Crippen LogP contribution in [0.4, 0.5) is 10.8 Å². The van der Waals surface area contributed by atoms with E-state index in [1.165, 1.54) is 27.8 Å². The van der Waals surface area contributed by atoms with Gasteiger partial charge in [0.25, 0.3) is 10.0 Å². The Morgan fingerprint density at radius 1 is 1.13 bits per heavy atom. The second kappa shape index (κ2) is 7.76. The van der Waals surface area contributed by atoms with Crippen molar-refractivity contribution in [3.05, 3.63) is 35.8 Å². The number of rotatable bonds is 8. The lowest BCUT2D eigenvalue weighted by Crippen LogP contribution is -2.38. The van der Waals surface area contributed by atoms with Gasteiger partial charge in [0.15, 0.2) is 5.13 Å². The molecular formula is C15H22N4O2S2. The van der Waals surface area contributed by atoms with Crippen molar-refractivity contribution >= 4 is 32.2 Å². The molecule has 0 saturated carbocycles. The quantitative estimate of drug-likeness (QED) is 0.736. The molecule has 0 saturated heterocycles. The van der Waals surface area contributed by atoms with Crippen molar-refractivity contribution in [3.63, 3.8) is 0 Å². The lowest BCUT2D eigenvalue weighted by Gasteiger charge is -2.25. The zero-order chi connectivity index (χ0) is 16.9. The third-order valence-corrected chi connectivity index (χ3v) is 6.33. The molecule has 1 aromatic heterocycles. The van der Waals surface area contributed by atoms with Gasteiger partial charge in [0, 0.05) is 30.4 Å². The molecule has 0 amide bonds. The Kier molecular flexibility index (Phi) is 5.97. The van der Waals surface area contributed by atoms with Gasteiger partial charge in [-0.25, -0.2) is 17.7 Å². The summed E-state index contributed by atoms with van der Waals surface area (Å²) in [5.41, 5.74) is 6.18. The molecule has 6 nitrogen and oxygen atoms in total. The van der Waals surface area contributed by atoms with Crippen molar-refractivity contribution in [1.82, 2.24) is 9.88 Å². The van der Waals surface area contributed by atoms with E-state index in [1.54, 1.807) is 23.7 Å². The molecule has 8 heteroatoms. The first-order valence-corrected chi connectivity index (χ1v) is 9.81. The maximum absolute atomic E-state index is 13.0. The highest BCUT2D eigenvalue weighted by Gasteiger charge is 2.26. The van der Waals surface area contributed by atoms with E-state index in [-0.39, 0.29) is 4.90 Å². The SMILES string of the molecule is CCN(CC)CCN(c1nccs1)S(=O)(=O)c1ccc(N)cc1. The molecule has 126 valence electrons. The molecule has 0 atom stereocenters. The maximum Gasteiger partial charge on any atom is 0.266 e. The second-order valence-corrected chi connectivity index (χ2v) is 7.72. The highest BCUT2D eigenvalue weighted by molar-refractivity contribution is 7.93. The van der Waals surface area contributed by atoms with Crippen molar-refractivity contribution in [1.29, 1.82) is 0 Å². The highest BCUT2D eigenvalue weighted by Crippen LogP contribution is 2.25. The van der Waals surface area contributed by atoms with Crippen LogP contribution in [-0.2, 0) is 10.0 Å². The minimum atomic E-state index is -3.65. The minimum Gasteiger partial charge on any atom is -0.399 e. The Hall–Kier alpha value is -1.64. The zero-order valence-corrected chi connectivity index (χ0v) is 15.0. The molecule has 1 aromatic carbocycles. The maximum atomic E-state index is 13.0. The number of hydrogen-bond donors (Lipinski definition) is 1. The molecule has 2 rings (SSSR count). The third-order valence-electron chi connectivity index (χ3n) is 3.61. The number of benzene rings is 1. The van der Waals surface area contributed by atoms with Gasteiger partial charge in [-0.05, 0) is 37.4 Å². The van der Waals surface area contributed by atoms with E-state index < -0.39 is 10.0 Å². The standard InChI is InChI=1S/C15H22N4O2S2/c1-3-18(4-2)10-11-19(15-17-9-12-22-15)23(20,21)14-7-5-13(16)6-8-14/h5-9,12H,3-4,10-11,16H2,1-2H3. The summed E-state index contributed by atoms with van der Waals surface area (Å²) < 4.78 is 27.3. The van der Waals surface area contributed by atoms with Gasteiger partial charge in [-0.15, -0.1) is 11.3 Å². The Labute approximate surface area is 141 Å². The number of hydrogen-bond acceptors (Lipinski definition) is 6. The Morgan fingerprint density at radius 3 is 2.30 bits per heavy atom. The summed E-state index contributed by atoms with van der Waals surface area (Å²) in [5.74, 6) is 0. The number of nitrogen functional groups attached to an aromatic ring is 1. The summed E-state index contributed by atoms with van der Waals surface area (Å²) in [7, 11) is -3.65. The second-order valence-electron chi connectivity index (χ2n) is 4.99. The molecule has 0 aliphatic rings. The molecule has 0 bridgehead atoms. The van der Waals surface area contributed by atoms with Crippen LogP contribution in [0, 0.1) is 0 Å².